The fraction of sp³-hybridized carbons (Fsp3) is 0.250. The molecule has 0 unspecified atom stereocenters. The van der Waals surface area contributed by atoms with Crippen molar-refractivity contribution in [1.29, 1.82) is 0 Å². The van der Waals surface area contributed by atoms with Gasteiger partial charge in [0.2, 0.25) is 5.91 Å². The Labute approximate surface area is 167 Å². The number of pyridine rings is 1. The fourth-order valence-electron chi connectivity index (χ4n) is 2.66. The molecule has 144 valence electrons. The third kappa shape index (κ3) is 4.45. The molecule has 1 aromatic carbocycles. The highest BCUT2D eigenvalue weighted by Crippen LogP contribution is 2.28. The molecule has 0 bridgehead atoms. The molecule has 8 heteroatoms. The lowest BCUT2D eigenvalue weighted by atomic mass is 10.1. The maximum Gasteiger partial charge on any atom is 0.237 e. The van der Waals surface area contributed by atoms with Gasteiger partial charge >= 0.3 is 0 Å². The maximum absolute atomic E-state index is 12.7. The minimum atomic E-state index is -0.339. The molecular formula is C20H21N5O2S. The number of anilines is 1. The summed E-state index contributed by atoms with van der Waals surface area (Å²) >= 11 is 1.36. The lowest BCUT2D eigenvalue weighted by Gasteiger charge is -2.14. The molecule has 0 fully saturated rings. The molecule has 0 aliphatic rings. The Morgan fingerprint density at radius 3 is 2.61 bits per heavy atom. The van der Waals surface area contributed by atoms with Gasteiger partial charge in [-0.15, -0.1) is 10.2 Å². The summed E-state index contributed by atoms with van der Waals surface area (Å²) in [4.78, 5) is 28.3. The van der Waals surface area contributed by atoms with Crippen molar-refractivity contribution in [2.45, 2.75) is 30.7 Å². The van der Waals surface area contributed by atoms with Crippen LogP contribution in [-0.4, -0.2) is 36.7 Å². The quantitative estimate of drug-likeness (QED) is 0.486. The van der Waals surface area contributed by atoms with E-state index in [0.717, 1.165) is 5.56 Å². The van der Waals surface area contributed by atoms with Crippen molar-refractivity contribution >= 4 is 29.1 Å². The van der Waals surface area contributed by atoms with Crippen LogP contribution >= 0.6 is 11.8 Å². The number of carbonyl (C=O) groups is 2. The van der Waals surface area contributed by atoms with E-state index in [0.29, 0.717) is 28.7 Å². The molecule has 7 nitrogen and oxygen atoms in total. The molecule has 0 aliphatic heterocycles. The molecule has 0 spiro atoms. The molecule has 1 N–H and O–H groups in total. The summed E-state index contributed by atoms with van der Waals surface area (Å²) < 4.78 is 1.87. The van der Waals surface area contributed by atoms with Crippen molar-refractivity contribution in [1.82, 2.24) is 19.7 Å². The maximum atomic E-state index is 12.7. The van der Waals surface area contributed by atoms with Crippen LogP contribution in [0.2, 0.25) is 0 Å². The topological polar surface area (TPSA) is 89.8 Å². The van der Waals surface area contributed by atoms with Crippen molar-refractivity contribution in [3.63, 3.8) is 0 Å². The van der Waals surface area contributed by atoms with Crippen molar-refractivity contribution in [3.05, 3.63) is 54.4 Å². The van der Waals surface area contributed by atoms with Gasteiger partial charge in [-0.2, -0.15) is 0 Å². The highest BCUT2D eigenvalue weighted by atomic mass is 32.2. The number of hydrogen-bond acceptors (Lipinski definition) is 6. The van der Waals surface area contributed by atoms with Gasteiger partial charge in [-0.05, 0) is 37.6 Å². The van der Waals surface area contributed by atoms with Gasteiger partial charge in [0.1, 0.15) is 0 Å². The van der Waals surface area contributed by atoms with Crippen LogP contribution in [0.3, 0.4) is 0 Å². The molecule has 1 atom stereocenters. The minimum absolute atomic E-state index is 0.0414. The third-order valence-corrected chi connectivity index (χ3v) is 5.62. The Balaban J connectivity index is 1.74. The molecule has 2 aromatic heterocycles. The van der Waals surface area contributed by atoms with Gasteiger partial charge in [-0.25, -0.2) is 0 Å². The first-order valence-electron chi connectivity index (χ1n) is 8.88. The van der Waals surface area contributed by atoms with Crippen LogP contribution in [0.1, 0.15) is 30.6 Å². The number of nitrogens with zero attached hydrogens (tertiary/aromatic N) is 4. The van der Waals surface area contributed by atoms with Crippen molar-refractivity contribution in [2.75, 3.05) is 5.32 Å². The number of amides is 1. The van der Waals surface area contributed by atoms with E-state index in [4.69, 9.17) is 0 Å². The first-order valence-corrected chi connectivity index (χ1v) is 9.76. The number of rotatable bonds is 7. The SMILES string of the molecule is CC[C@H](Sc1nnc(-c2ccncc2)n1C)C(=O)Nc1cccc(C(C)=O)c1. The lowest BCUT2D eigenvalue weighted by Crippen LogP contribution is -2.25. The van der Waals surface area contributed by atoms with Gasteiger partial charge in [-0.1, -0.05) is 30.8 Å². The molecule has 1 amide bonds. The lowest BCUT2D eigenvalue weighted by molar-refractivity contribution is -0.115. The highest BCUT2D eigenvalue weighted by molar-refractivity contribution is 8.00. The molecule has 0 saturated carbocycles. The van der Waals surface area contributed by atoms with Gasteiger partial charge in [0.15, 0.2) is 16.8 Å². The molecule has 28 heavy (non-hydrogen) atoms. The second-order valence-corrected chi connectivity index (χ2v) is 7.41. The number of ketones is 1. The standard InChI is InChI=1S/C20H21N5O2S/c1-4-17(19(27)22-16-7-5-6-15(12-16)13(2)26)28-20-24-23-18(25(20)3)14-8-10-21-11-9-14/h5-12,17H,4H2,1-3H3,(H,22,27)/t17-/m0/s1. The summed E-state index contributed by atoms with van der Waals surface area (Å²) in [6.45, 7) is 3.45. The second kappa shape index (κ2) is 8.79. The Bertz CT molecular complexity index is 987. The Kier molecular flexibility index (Phi) is 6.20. The number of hydrogen-bond donors (Lipinski definition) is 1. The second-order valence-electron chi connectivity index (χ2n) is 6.24. The normalized spacial score (nSPS) is 11.8. The van der Waals surface area contributed by atoms with Gasteiger partial charge in [0.05, 0.1) is 5.25 Å². The van der Waals surface area contributed by atoms with E-state index >= 15 is 0 Å². The molecule has 3 aromatic rings. The van der Waals surface area contributed by atoms with Crippen LogP contribution in [0, 0.1) is 0 Å². The summed E-state index contributed by atoms with van der Waals surface area (Å²) in [6, 6.07) is 10.7. The zero-order valence-electron chi connectivity index (χ0n) is 15.9. The summed E-state index contributed by atoms with van der Waals surface area (Å²) in [5.74, 6) is 0.538. The van der Waals surface area contributed by atoms with Gasteiger partial charge < -0.3 is 9.88 Å². The zero-order valence-corrected chi connectivity index (χ0v) is 16.7. The average molecular weight is 395 g/mol. The molecule has 0 saturated heterocycles. The van der Waals surface area contributed by atoms with Crippen molar-refractivity contribution in [2.24, 2.45) is 7.05 Å². The minimum Gasteiger partial charge on any atom is -0.325 e. The first kappa shape index (κ1) is 19.8. The fourth-order valence-corrected chi connectivity index (χ4v) is 3.58. The average Bonchev–Trinajstić information content (AvgIpc) is 3.07. The number of Topliss-reactive ketones (excluding diaryl/α,β-unsaturated/α-hetero) is 1. The molecule has 2 heterocycles. The number of benzene rings is 1. The van der Waals surface area contributed by atoms with Crippen LogP contribution in [0.4, 0.5) is 5.69 Å². The van der Waals surface area contributed by atoms with E-state index in [2.05, 4.69) is 20.5 Å². The third-order valence-electron chi connectivity index (χ3n) is 4.22. The van der Waals surface area contributed by atoms with E-state index in [-0.39, 0.29) is 16.9 Å². The van der Waals surface area contributed by atoms with E-state index in [1.165, 1.54) is 18.7 Å². The van der Waals surface area contributed by atoms with Gasteiger partial charge in [0.25, 0.3) is 0 Å². The van der Waals surface area contributed by atoms with E-state index in [1.807, 2.05) is 30.7 Å². The predicted molar refractivity (Wildman–Crippen MR) is 109 cm³/mol. The van der Waals surface area contributed by atoms with Crippen LogP contribution < -0.4 is 5.32 Å². The smallest absolute Gasteiger partial charge is 0.237 e. The van der Waals surface area contributed by atoms with Crippen LogP contribution in [0.5, 0.6) is 0 Å². The zero-order chi connectivity index (χ0) is 20.1. The number of aromatic nitrogens is 4. The Morgan fingerprint density at radius 1 is 1.18 bits per heavy atom. The highest BCUT2D eigenvalue weighted by Gasteiger charge is 2.22. The molecular weight excluding hydrogens is 374 g/mol. The Morgan fingerprint density at radius 2 is 1.93 bits per heavy atom. The molecule has 0 aliphatic carbocycles. The Hall–Kier alpha value is -3.00. The molecule has 0 radical (unpaired) electrons. The van der Waals surface area contributed by atoms with Gasteiger partial charge in [0, 0.05) is 36.3 Å². The predicted octanol–water partition coefficient (Wildman–Crippen LogP) is 3.59. The summed E-state index contributed by atoms with van der Waals surface area (Å²) in [5, 5.41) is 11.7. The van der Waals surface area contributed by atoms with E-state index in [1.54, 1.807) is 36.7 Å². The van der Waals surface area contributed by atoms with E-state index < -0.39 is 0 Å². The van der Waals surface area contributed by atoms with Gasteiger partial charge in [-0.3, -0.25) is 14.6 Å². The van der Waals surface area contributed by atoms with Crippen LogP contribution in [-0.2, 0) is 11.8 Å². The number of nitrogens with one attached hydrogen (secondary N) is 1. The summed E-state index contributed by atoms with van der Waals surface area (Å²) in [5.41, 5.74) is 2.08. The number of carbonyl (C=O) groups excluding carboxylic acids is 2. The van der Waals surface area contributed by atoms with Crippen LogP contribution in [0.15, 0.2) is 53.9 Å². The summed E-state index contributed by atoms with van der Waals surface area (Å²) in [7, 11) is 1.87. The molecule has 3 rings (SSSR count). The first-order chi connectivity index (χ1) is 13.5. The number of thioether (sulfide) groups is 1. The van der Waals surface area contributed by atoms with Crippen LogP contribution in [0.25, 0.3) is 11.4 Å². The summed E-state index contributed by atoms with van der Waals surface area (Å²) in [6.07, 6.45) is 4.03. The largest absolute Gasteiger partial charge is 0.325 e. The monoisotopic (exact) mass is 395 g/mol. The van der Waals surface area contributed by atoms with Crippen molar-refractivity contribution in [3.8, 4) is 11.4 Å². The van der Waals surface area contributed by atoms with E-state index in [9.17, 15) is 9.59 Å². The van der Waals surface area contributed by atoms with Crippen molar-refractivity contribution < 1.29 is 9.59 Å².